The first-order chi connectivity index (χ1) is 5.95. The Balaban J connectivity index is 2.96. The summed E-state index contributed by atoms with van der Waals surface area (Å²) in [6.45, 7) is 5.20. The van der Waals surface area contributed by atoms with Gasteiger partial charge in [0.25, 0.3) is 0 Å². The van der Waals surface area contributed by atoms with Crippen LogP contribution in [-0.4, -0.2) is 12.0 Å². The van der Waals surface area contributed by atoms with Crippen LogP contribution in [0.1, 0.15) is 31.2 Å². The number of oxazole rings is 1. The van der Waals surface area contributed by atoms with Gasteiger partial charge in [-0.15, -0.1) is 0 Å². The topological polar surface area (TPSA) is 38.1 Å². The number of nitrogens with zero attached hydrogens (tertiary/aromatic N) is 1. The van der Waals surface area contributed by atoms with Gasteiger partial charge in [-0.1, -0.05) is 0 Å². The molecule has 1 aromatic rings. The van der Waals surface area contributed by atoms with Crippen molar-refractivity contribution in [3.05, 3.63) is 17.3 Å². The highest BCUT2D eigenvalue weighted by Gasteiger charge is 2.27. The summed E-state index contributed by atoms with van der Waals surface area (Å²) in [5.41, 5.74) is -0.832. The van der Waals surface area contributed by atoms with Crippen molar-refractivity contribution in [2.75, 3.05) is 7.05 Å². The lowest BCUT2D eigenvalue weighted by Gasteiger charge is -2.10. The van der Waals surface area contributed by atoms with E-state index in [0.29, 0.717) is 23.9 Å². The van der Waals surface area contributed by atoms with Crippen LogP contribution in [-0.2, 0) is 12.2 Å². The van der Waals surface area contributed by atoms with Gasteiger partial charge in [0.05, 0.1) is 12.2 Å². The van der Waals surface area contributed by atoms with Crippen LogP contribution in [0.5, 0.6) is 0 Å². The summed E-state index contributed by atoms with van der Waals surface area (Å²) in [4.78, 5) is 4.10. The third kappa shape index (κ3) is 2.28. The van der Waals surface area contributed by atoms with Crippen LogP contribution < -0.4 is 5.32 Å². The summed E-state index contributed by atoms with van der Waals surface area (Å²) < 4.78 is 18.8. The molecule has 0 atom stereocenters. The minimum absolute atomic E-state index is 0.317. The van der Waals surface area contributed by atoms with Gasteiger partial charge in [0.15, 0.2) is 11.4 Å². The van der Waals surface area contributed by atoms with Crippen LogP contribution >= 0.6 is 0 Å². The van der Waals surface area contributed by atoms with Gasteiger partial charge in [-0.05, 0) is 27.8 Å². The van der Waals surface area contributed by atoms with E-state index >= 15 is 0 Å². The van der Waals surface area contributed by atoms with Crippen LogP contribution in [0.3, 0.4) is 0 Å². The van der Waals surface area contributed by atoms with Gasteiger partial charge in [0.1, 0.15) is 0 Å². The molecule has 0 aliphatic heterocycles. The average Bonchev–Trinajstić information content (AvgIpc) is 2.30. The molecule has 0 aliphatic carbocycles. The van der Waals surface area contributed by atoms with E-state index in [4.69, 9.17) is 4.42 Å². The molecule has 0 bridgehead atoms. The first kappa shape index (κ1) is 10.2. The van der Waals surface area contributed by atoms with Crippen molar-refractivity contribution in [1.82, 2.24) is 10.3 Å². The quantitative estimate of drug-likeness (QED) is 0.783. The van der Waals surface area contributed by atoms with E-state index in [-0.39, 0.29) is 0 Å². The van der Waals surface area contributed by atoms with Crippen LogP contribution in [0.25, 0.3) is 0 Å². The molecular formula is C9H15FN2O. The molecule has 1 rings (SSSR count). The zero-order valence-electron chi connectivity index (χ0n) is 8.44. The fourth-order valence-corrected chi connectivity index (χ4v) is 1.23. The van der Waals surface area contributed by atoms with Gasteiger partial charge in [-0.2, -0.15) is 0 Å². The third-order valence-electron chi connectivity index (χ3n) is 1.71. The molecule has 0 saturated heterocycles. The van der Waals surface area contributed by atoms with Crippen molar-refractivity contribution in [3.8, 4) is 0 Å². The number of alkyl halides is 1. The summed E-state index contributed by atoms with van der Waals surface area (Å²) in [7, 11) is 1.79. The van der Waals surface area contributed by atoms with E-state index in [9.17, 15) is 4.39 Å². The highest BCUT2D eigenvalue weighted by molar-refractivity contribution is 5.14. The molecular weight excluding hydrogens is 171 g/mol. The largest absolute Gasteiger partial charge is 0.441 e. The zero-order valence-corrected chi connectivity index (χ0v) is 8.44. The lowest BCUT2D eigenvalue weighted by atomic mass is 10.1. The van der Waals surface area contributed by atoms with Gasteiger partial charge in [0.2, 0.25) is 5.89 Å². The van der Waals surface area contributed by atoms with Gasteiger partial charge in [-0.3, -0.25) is 0 Å². The molecule has 0 aliphatic rings. The second kappa shape index (κ2) is 3.46. The molecule has 13 heavy (non-hydrogen) atoms. The number of nitrogens with one attached hydrogen (secondary N) is 1. The Morgan fingerprint density at radius 2 is 2.15 bits per heavy atom. The maximum Gasteiger partial charge on any atom is 0.208 e. The van der Waals surface area contributed by atoms with Crippen LogP contribution in [0.15, 0.2) is 4.42 Å². The molecule has 1 heterocycles. The maximum absolute atomic E-state index is 13.5. The molecule has 0 aromatic carbocycles. The standard InChI is InChI=1S/C9H15FN2O/c1-6-8(9(2,3)10)13-7(12-6)5-11-4/h11H,5H2,1-4H3. The van der Waals surface area contributed by atoms with E-state index in [0.717, 1.165) is 0 Å². The Kier molecular flexibility index (Phi) is 2.71. The van der Waals surface area contributed by atoms with Crippen molar-refractivity contribution in [1.29, 1.82) is 0 Å². The number of hydrogen-bond donors (Lipinski definition) is 1. The summed E-state index contributed by atoms with van der Waals surface area (Å²) >= 11 is 0. The monoisotopic (exact) mass is 186 g/mol. The Morgan fingerprint density at radius 3 is 2.54 bits per heavy atom. The molecule has 0 unspecified atom stereocenters. The highest BCUT2D eigenvalue weighted by atomic mass is 19.1. The van der Waals surface area contributed by atoms with Gasteiger partial charge in [-0.25, -0.2) is 9.37 Å². The van der Waals surface area contributed by atoms with E-state index in [1.54, 1.807) is 14.0 Å². The summed E-state index contributed by atoms with van der Waals surface area (Å²) in [5, 5.41) is 2.90. The number of rotatable bonds is 3. The van der Waals surface area contributed by atoms with E-state index in [1.807, 2.05) is 0 Å². The van der Waals surface area contributed by atoms with E-state index in [2.05, 4.69) is 10.3 Å². The third-order valence-corrected chi connectivity index (χ3v) is 1.71. The normalized spacial score (nSPS) is 12.1. The second-order valence-corrected chi connectivity index (χ2v) is 3.52. The van der Waals surface area contributed by atoms with Crippen molar-refractivity contribution in [2.45, 2.75) is 33.0 Å². The Morgan fingerprint density at radius 1 is 1.54 bits per heavy atom. The van der Waals surface area contributed by atoms with Crippen LogP contribution in [0.2, 0.25) is 0 Å². The molecule has 0 amide bonds. The molecule has 1 N–H and O–H groups in total. The maximum atomic E-state index is 13.5. The van der Waals surface area contributed by atoms with Crippen LogP contribution in [0.4, 0.5) is 4.39 Å². The van der Waals surface area contributed by atoms with Gasteiger partial charge < -0.3 is 9.73 Å². The lowest BCUT2D eigenvalue weighted by molar-refractivity contribution is 0.174. The molecule has 4 heteroatoms. The predicted octanol–water partition coefficient (Wildman–Crippen LogP) is 1.91. The predicted molar refractivity (Wildman–Crippen MR) is 48.1 cm³/mol. The van der Waals surface area contributed by atoms with Crippen molar-refractivity contribution >= 4 is 0 Å². The molecule has 0 spiro atoms. The highest BCUT2D eigenvalue weighted by Crippen LogP contribution is 2.28. The summed E-state index contributed by atoms with van der Waals surface area (Å²) in [6, 6.07) is 0. The van der Waals surface area contributed by atoms with Gasteiger partial charge >= 0.3 is 0 Å². The van der Waals surface area contributed by atoms with E-state index in [1.165, 1.54) is 13.8 Å². The SMILES string of the molecule is CNCc1nc(C)c(C(C)(C)F)o1. The fraction of sp³-hybridized carbons (Fsp3) is 0.667. The Bertz CT molecular complexity index is 288. The number of hydrogen-bond acceptors (Lipinski definition) is 3. The van der Waals surface area contributed by atoms with Crippen molar-refractivity contribution in [3.63, 3.8) is 0 Å². The van der Waals surface area contributed by atoms with E-state index < -0.39 is 5.67 Å². The van der Waals surface area contributed by atoms with Crippen LogP contribution in [0, 0.1) is 6.92 Å². The molecule has 3 nitrogen and oxygen atoms in total. The number of aryl methyl sites for hydroxylation is 1. The molecule has 0 fully saturated rings. The zero-order chi connectivity index (χ0) is 10.1. The molecule has 1 aromatic heterocycles. The van der Waals surface area contributed by atoms with Crippen molar-refractivity contribution < 1.29 is 8.81 Å². The smallest absolute Gasteiger partial charge is 0.208 e. The fourth-order valence-electron chi connectivity index (χ4n) is 1.23. The Labute approximate surface area is 77.4 Å². The van der Waals surface area contributed by atoms with Gasteiger partial charge in [0, 0.05) is 0 Å². The molecule has 0 saturated carbocycles. The number of aromatic nitrogens is 1. The summed E-state index contributed by atoms with van der Waals surface area (Å²) in [5.74, 6) is 0.846. The Hall–Kier alpha value is -0.900. The average molecular weight is 186 g/mol. The minimum Gasteiger partial charge on any atom is -0.441 e. The molecule has 74 valence electrons. The lowest BCUT2D eigenvalue weighted by Crippen LogP contribution is -2.09. The minimum atomic E-state index is -1.46. The number of halogens is 1. The van der Waals surface area contributed by atoms with Crippen molar-refractivity contribution in [2.24, 2.45) is 0 Å². The second-order valence-electron chi connectivity index (χ2n) is 3.52. The molecule has 0 radical (unpaired) electrons. The first-order valence-corrected chi connectivity index (χ1v) is 4.25. The summed E-state index contributed by atoms with van der Waals surface area (Å²) in [6.07, 6.45) is 0. The first-order valence-electron chi connectivity index (χ1n) is 4.25.